The molecule has 1 unspecified atom stereocenters. The summed E-state index contributed by atoms with van der Waals surface area (Å²) in [6.45, 7) is 11.4. The smallest absolute Gasteiger partial charge is 0.143 e. The first-order valence-electron chi connectivity index (χ1n) is 10.6. The lowest BCUT2D eigenvalue weighted by Gasteiger charge is -2.21. The molecule has 0 fully saturated rings. The number of hydrogen-bond donors (Lipinski definition) is 0. The number of hydrogen-bond acceptors (Lipinski definition) is 1. The zero-order valence-corrected chi connectivity index (χ0v) is 19.1. The Morgan fingerprint density at radius 2 is 1.28 bits per heavy atom. The predicted molar refractivity (Wildman–Crippen MR) is 127 cm³/mol. The lowest BCUT2D eigenvalue weighted by Crippen LogP contribution is -2.53. The monoisotopic (exact) mass is 398 g/mol. The zero-order valence-electron chi connectivity index (χ0n) is 18.1. The van der Waals surface area contributed by atoms with Gasteiger partial charge in [0.25, 0.3) is 0 Å². The minimum absolute atomic E-state index is 0.415. The molecule has 0 N–H and O–H groups in total. The minimum Gasteiger partial charge on any atom is -0.457 e. The molecule has 0 radical (unpaired) electrons. The molecule has 1 aliphatic heterocycles. The highest BCUT2D eigenvalue weighted by atomic mass is 28.3. The van der Waals surface area contributed by atoms with Crippen molar-refractivity contribution in [3.05, 3.63) is 95.2 Å². The molecule has 1 heterocycles. The molecule has 1 nitrogen and oxygen atoms in total. The van der Waals surface area contributed by atoms with Crippen molar-refractivity contribution in [2.45, 2.75) is 46.1 Å². The number of rotatable bonds is 5. The molecule has 3 aromatic rings. The second-order valence-electron chi connectivity index (χ2n) is 8.80. The largest absolute Gasteiger partial charge is 0.457 e. The number of para-hydroxylation sites is 1. The van der Waals surface area contributed by atoms with E-state index < -0.39 is 8.07 Å². The van der Waals surface area contributed by atoms with Gasteiger partial charge in [-0.2, -0.15) is 0 Å². The molecule has 0 amide bonds. The highest BCUT2D eigenvalue weighted by Crippen LogP contribution is 2.38. The van der Waals surface area contributed by atoms with Crippen LogP contribution in [0.15, 0.2) is 78.5 Å². The summed E-state index contributed by atoms with van der Waals surface area (Å²) in [4.78, 5) is 0. The number of benzene rings is 3. The average molecular weight is 399 g/mol. The Bertz CT molecular complexity index is 1020. The number of fused-ring (bicyclic) bond motifs is 1. The van der Waals surface area contributed by atoms with Gasteiger partial charge in [-0.3, -0.25) is 0 Å². The van der Waals surface area contributed by atoms with E-state index >= 15 is 0 Å². The third-order valence-electron chi connectivity index (χ3n) is 6.08. The number of ether oxygens (including phenoxy) is 1. The summed E-state index contributed by atoms with van der Waals surface area (Å²) in [7, 11) is -1.98. The summed E-state index contributed by atoms with van der Waals surface area (Å²) < 4.78 is 6.80. The maximum absolute atomic E-state index is 6.80. The zero-order chi connectivity index (χ0) is 20.6. The first kappa shape index (κ1) is 19.7. The van der Waals surface area contributed by atoms with Crippen LogP contribution in [0.4, 0.5) is 0 Å². The first-order valence-corrected chi connectivity index (χ1v) is 13.2. The van der Waals surface area contributed by atoms with Gasteiger partial charge in [0.05, 0.1) is 0 Å². The summed E-state index contributed by atoms with van der Waals surface area (Å²) in [6, 6.07) is 26.3. The fraction of sp³-hybridized carbons (Fsp3) is 0.259. The van der Waals surface area contributed by atoms with E-state index in [1.807, 2.05) is 0 Å². The summed E-state index contributed by atoms with van der Waals surface area (Å²) in [6.07, 6.45) is 0. The molecule has 0 saturated carbocycles. The van der Waals surface area contributed by atoms with Crippen molar-refractivity contribution >= 4 is 24.2 Å². The summed E-state index contributed by atoms with van der Waals surface area (Å²) in [5, 5.41) is 2.86. The second kappa shape index (κ2) is 7.68. The SMILES string of the molecule is CC(C)c1cccc(C(C)C)c1OC1=C[Si](C)(c2ccccc2)c2ccccc21. The Morgan fingerprint density at radius 1 is 0.690 bits per heavy atom. The molecule has 1 aliphatic rings. The van der Waals surface area contributed by atoms with Gasteiger partial charge in [-0.25, -0.2) is 0 Å². The fourth-order valence-electron chi connectivity index (χ4n) is 4.39. The average Bonchev–Trinajstić information content (AvgIpc) is 3.02. The van der Waals surface area contributed by atoms with Crippen LogP contribution in [0.1, 0.15) is 56.2 Å². The van der Waals surface area contributed by atoms with Crippen LogP contribution in [0.2, 0.25) is 6.55 Å². The molecule has 2 heteroatoms. The highest BCUT2D eigenvalue weighted by Gasteiger charge is 2.39. The van der Waals surface area contributed by atoms with E-state index in [4.69, 9.17) is 4.74 Å². The molecule has 0 spiro atoms. The normalized spacial score (nSPS) is 18.1. The summed E-state index contributed by atoms with van der Waals surface area (Å²) >= 11 is 0. The molecular formula is C27H30OSi. The topological polar surface area (TPSA) is 9.23 Å². The molecule has 1 atom stereocenters. The lowest BCUT2D eigenvalue weighted by atomic mass is 9.94. The fourth-order valence-corrected chi connectivity index (χ4v) is 7.85. The quantitative estimate of drug-likeness (QED) is 0.472. The molecule has 0 bridgehead atoms. The van der Waals surface area contributed by atoms with Crippen LogP contribution in [0.25, 0.3) is 5.76 Å². The Hall–Kier alpha value is -2.58. The van der Waals surface area contributed by atoms with Crippen molar-refractivity contribution < 1.29 is 4.74 Å². The van der Waals surface area contributed by atoms with Gasteiger partial charge in [-0.1, -0.05) is 112 Å². The van der Waals surface area contributed by atoms with Crippen molar-refractivity contribution in [3.8, 4) is 5.75 Å². The molecule has 0 aliphatic carbocycles. The van der Waals surface area contributed by atoms with Crippen molar-refractivity contribution in [3.63, 3.8) is 0 Å². The highest BCUT2D eigenvalue weighted by molar-refractivity contribution is 7.07. The molecule has 0 aromatic heterocycles. The van der Waals surface area contributed by atoms with Crippen LogP contribution in [0, 0.1) is 0 Å². The maximum Gasteiger partial charge on any atom is 0.143 e. The van der Waals surface area contributed by atoms with Gasteiger partial charge in [-0.05, 0) is 33.8 Å². The van der Waals surface area contributed by atoms with Gasteiger partial charge in [0.1, 0.15) is 19.6 Å². The second-order valence-corrected chi connectivity index (χ2v) is 12.6. The third kappa shape index (κ3) is 3.47. The van der Waals surface area contributed by atoms with Crippen LogP contribution in [0.5, 0.6) is 5.75 Å². The van der Waals surface area contributed by atoms with Crippen molar-refractivity contribution in [2.24, 2.45) is 0 Å². The third-order valence-corrected chi connectivity index (χ3v) is 10.0. The van der Waals surface area contributed by atoms with Crippen molar-refractivity contribution in [2.75, 3.05) is 0 Å². The van der Waals surface area contributed by atoms with E-state index in [1.54, 1.807) is 0 Å². The Kier molecular flexibility index (Phi) is 5.22. The molecule has 148 valence electrons. The summed E-state index contributed by atoms with van der Waals surface area (Å²) in [5.74, 6) is 2.90. The van der Waals surface area contributed by atoms with Crippen molar-refractivity contribution in [1.82, 2.24) is 0 Å². The maximum atomic E-state index is 6.80. The van der Waals surface area contributed by atoms with Crippen LogP contribution in [0.3, 0.4) is 0 Å². The molecule has 3 aromatic carbocycles. The van der Waals surface area contributed by atoms with Gasteiger partial charge in [0.15, 0.2) is 0 Å². The van der Waals surface area contributed by atoms with E-state index in [1.165, 1.54) is 27.1 Å². The van der Waals surface area contributed by atoms with Gasteiger partial charge in [0, 0.05) is 5.56 Å². The van der Waals surface area contributed by atoms with E-state index in [2.05, 4.69) is 113 Å². The van der Waals surface area contributed by atoms with Crippen LogP contribution in [-0.2, 0) is 0 Å². The summed E-state index contributed by atoms with van der Waals surface area (Å²) in [5.41, 5.74) is 6.25. The van der Waals surface area contributed by atoms with Crippen LogP contribution < -0.4 is 15.1 Å². The van der Waals surface area contributed by atoms with Gasteiger partial charge < -0.3 is 4.74 Å². The van der Waals surface area contributed by atoms with E-state index in [0.717, 1.165) is 11.5 Å². The molecular weight excluding hydrogens is 368 g/mol. The van der Waals surface area contributed by atoms with Gasteiger partial charge in [0.2, 0.25) is 0 Å². The predicted octanol–water partition coefficient (Wildman–Crippen LogP) is 6.10. The van der Waals surface area contributed by atoms with Crippen molar-refractivity contribution in [1.29, 1.82) is 0 Å². The standard InChI is InChI=1S/C27H30OSi/c1-19(2)22-15-11-16-23(20(3)4)27(22)28-25-18-29(5,21-12-7-6-8-13-21)26-17-10-9-14-24(25)26/h6-20H,1-5H3. The minimum atomic E-state index is -1.98. The first-order chi connectivity index (χ1) is 13.9. The molecule has 4 rings (SSSR count). The van der Waals surface area contributed by atoms with E-state index in [0.29, 0.717) is 11.8 Å². The Labute approximate surface area is 176 Å². The van der Waals surface area contributed by atoms with E-state index in [9.17, 15) is 0 Å². The molecule has 0 saturated heterocycles. The lowest BCUT2D eigenvalue weighted by molar-refractivity contribution is 0.494. The molecule has 29 heavy (non-hydrogen) atoms. The van der Waals surface area contributed by atoms with Gasteiger partial charge in [-0.15, -0.1) is 0 Å². The Morgan fingerprint density at radius 3 is 1.90 bits per heavy atom. The van der Waals surface area contributed by atoms with Gasteiger partial charge >= 0.3 is 0 Å². The Balaban J connectivity index is 1.86. The van der Waals surface area contributed by atoms with Crippen LogP contribution in [-0.4, -0.2) is 8.07 Å². The van der Waals surface area contributed by atoms with E-state index in [-0.39, 0.29) is 0 Å². The van der Waals surface area contributed by atoms with Crippen LogP contribution >= 0.6 is 0 Å².